The van der Waals surface area contributed by atoms with Crippen molar-refractivity contribution in [1.82, 2.24) is 0 Å². The van der Waals surface area contributed by atoms with Crippen molar-refractivity contribution in [3.05, 3.63) is 69.3 Å². The first-order valence-corrected chi connectivity index (χ1v) is 11.5. The maximum absolute atomic E-state index is 14.0. The van der Waals surface area contributed by atoms with Crippen LogP contribution in [-0.2, 0) is 28.0 Å². The van der Waals surface area contributed by atoms with Gasteiger partial charge in [-0.15, -0.1) is 0 Å². The quantitative estimate of drug-likeness (QED) is 0.388. The van der Waals surface area contributed by atoms with Crippen molar-refractivity contribution in [1.29, 1.82) is 0 Å². The van der Waals surface area contributed by atoms with Crippen LogP contribution in [0.15, 0.2) is 30.3 Å². The number of benzene rings is 2. The number of carbonyl (C=O) groups is 1. The lowest BCUT2D eigenvalue weighted by Gasteiger charge is -2.35. The molecular weight excluding hydrogens is 432 g/mol. The second kappa shape index (κ2) is 8.54. The van der Waals surface area contributed by atoms with Gasteiger partial charge in [0, 0.05) is 16.7 Å². The third-order valence-corrected chi connectivity index (χ3v) is 5.96. The summed E-state index contributed by atoms with van der Waals surface area (Å²) in [5, 5.41) is 54.3. The third kappa shape index (κ3) is 5.75. The van der Waals surface area contributed by atoms with Crippen molar-refractivity contribution >= 4 is 5.78 Å². The molecule has 34 heavy (non-hydrogen) atoms. The van der Waals surface area contributed by atoms with Gasteiger partial charge in [-0.25, -0.2) is 0 Å². The van der Waals surface area contributed by atoms with E-state index in [0.29, 0.717) is 16.7 Å². The highest BCUT2D eigenvalue weighted by Crippen LogP contribution is 2.41. The zero-order valence-corrected chi connectivity index (χ0v) is 22.0. The zero-order valence-electron chi connectivity index (χ0n) is 22.0. The normalized spacial score (nSPS) is 13.9. The minimum Gasteiger partial charge on any atom is -0.386 e. The van der Waals surface area contributed by atoms with Gasteiger partial charge >= 0.3 is 0 Å². The first-order chi connectivity index (χ1) is 15.0. The Morgan fingerprint density at radius 2 is 0.971 bits per heavy atom. The highest BCUT2D eigenvalue weighted by atomic mass is 16.3. The second-order valence-electron chi connectivity index (χ2n) is 11.8. The largest absolute Gasteiger partial charge is 0.386 e. The Morgan fingerprint density at radius 3 is 1.35 bits per heavy atom. The highest BCUT2D eigenvalue weighted by molar-refractivity contribution is 6.11. The van der Waals surface area contributed by atoms with Gasteiger partial charge in [0.25, 0.3) is 0 Å². The van der Waals surface area contributed by atoms with Crippen LogP contribution < -0.4 is 0 Å². The van der Waals surface area contributed by atoms with Crippen molar-refractivity contribution in [2.45, 2.75) is 97.2 Å². The summed E-state index contributed by atoms with van der Waals surface area (Å²) in [6.45, 7) is 15.7. The molecule has 0 radical (unpaired) electrons. The molecule has 6 nitrogen and oxygen atoms in total. The Kier molecular flexibility index (Phi) is 7.07. The van der Waals surface area contributed by atoms with E-state index in [1.54, 1.807) is 79.7 Å². The van der Waals surface area contributed by atoms with E-state index in [2.05, 4.69) is 0 Å². The van der Waals surface area contributed by atoms with Gasteiger partial charge in [0.15, 0.2) is 5.78 Å². The third-order valence-electron chi connectivity index (χ3n) is 5.96. The van der Waals surface area contributed by atoms with Gasteiger partial charge < -0.3 is 25.5 Å². The smallest absolute Gasteiger partial charge is 0.193 e. The van der Waals surface area contributed by atoms with Crippen molar-refractivity contribution in [2.24, 2.45) is 0 Å². The molecule has 2 aromatic rings. The van der Waals surface area contributed by atoms with Gasteiger partial charge in [0.2, 0.25) is 0 Å². The molecule has 0 unspecified atom stereocenters. The fourth-order valence-corrected chi connectivity index (χ4v) is 4.35. The summed E-state index contributed by atoms with van der Waals surface area (Å²) in [6.07, 6.45) is 0. The standard InChI is InChI=1S/C28H40O6/c1-24(2,30)16-11-12-17(20(15-16)26(5,6)32)23(29)18-13-14-19(25(3,4)31)22(28(9,10)34)21(18)27(7,8)33/h11-15,30-34H,1-10H3. The van der Waals surface area contributed by atoms with E-state index in [1.165, 1.54) is 19.9 Å². The van der Waals surface area contributed by atoms with Crippen LogP contribution in [0.4, 0.5) is 0 Å². The zero-order chi connectivity index (χ0) is 26.7. The summed E-state index contributed by atoms with van der Waals surface area (Å²) in [5.41, 5.74) is -4.83. The highest BCUT2D eigenvalue weighted by Gasteiger charge is 2.38. The van der Waals surface area contributed by atoms with Crippen LogP contribution in [0.25, 0.3) is 0 Å². The molecule has 0 saturated carbocycles. The molecule has 6 heteroatoms. The number of rotatable bonds is 7. The van der Waals surface area contributed by atoms with Crippen molar-refractivity contribution in [3.8, 4) is 0 Å². The van der Waals surface area contributed by atoms with Gasteiger partial charge in [-0.2, -0.15) is 0 Å². The van der Waals surface area contributed by atoms with Gasteiger partial charge in [-0.05, 0) is 97.6 Å². The Balaban J connectivity index is 2.97. The minimum absolute atomic E-state index is 0.152. The molecule has 2 aromatic carbocycles. The summed E-state index contributed by atoms with van der Waals surface area (Å²) in [7, 11) is 0. The Morgan fingerprint density at radius 1 is 0.529 bits per heavy atom. The van der Waals surface area contributed by atoms with Crippen molar-refractivity contribution in [2.75, 3.05) is 0 Å². The average Bonchev–Trinajstić information content (AvgIpc) is 2.62. The van der Waals surface area contributed by atoms with Crippen molar-refractivity contribution in [3.63, 3.8) is 0 Å². The maximum Gasteiger partial charge on any atom is 0.193 e. The van der Waals surface area contributed by atoms with E-state index < -0.39 is 33.8 Å². The fraction of sp³-hybridized carbons (Fsp3) is 0.536. The molecule has 0 bridgehead atoms. The molecule has 5 N–H and O–H groups in total. The lowest BCUT2D eigenvalue weighted by atomic mass is 9.74. The minimum atomic E-state index is -1.54. The van der Waals surface area contributed by atoms with Crippen LogP contribution in [-0.4, -0.2) is 31.3 Å². The maximum atomic E-state index is 14.0. The topological polar surface area (TPSA) is 118 Å². The Hall–Kier alpha value is -2.09. The molecule has 0 saturated heterocycles. The van der Waals surface area contributed by atoms with E-state index in [0.717, 1.165) is 0 Å². The molecule has 0 amide bonds. The summed E-state index contributed by atoms with van der Waals surface area (Å²) >= 11 is 0. The van der Waals surface area contributed by atoms with E-state index in [9.17, 15) is 30.3 Å². The number of ketones is 1. The number of hydrogen-bond donors (Lipinski definition) is 5. The monoisotopic (exact) mass is 472 g/mol. The van der Waals surface area contributed by atoms with Gasteiger partial charge in [0.05, 0.1) is 28.0 Å². The first kappa shape index (κ1) is 28.1. The lowest BCUT2D eigenvalue weighted by Crippen LogP contribution is -2.34. The summed E-state index contributed by atoms with van der Waals surface area (Å²) in [4.78, 5) is 14.0. The molecule has 0 aliphatic heterocycles. The number of hydrogen-bond acceptors (Lipinski definition) is 6. The molecule has 0 fully saturated rings. The lowest BCUT2D eigenvalue weighted by molar-refractivity contribution is 0.0377. The molecule has 0 aromatic heterocycles. The second-order valence-corrected chi connectivity index (χ2v) is 11.8. The first-order valence-electron chi connectivity index (χ1n) is 11.5. The predicted molar refractivity (Wildman–Crippen MR) is 133 cm³/mol. The molecule has 2 rings (SSSR count). The molecule has 0 aliphatic rings. The molecule has 0 heterocycles. The number of carbonyl (C=O) groups excluding carboxylic acids is 1. The van der Waals surface area contributed by atoms with Gasteiger partial charge in [-0.3, -0.25) is 4.79 Å². The fourth-order valence-electron chi connectivity index (χ4n) is 4.35. The van der Waals surface area contributed by atoms with Crippen LogP contribution in [0.1, 0.15) is 113 Å². The molecule has 0 spiro atoms. The Bertz CT molecular complexity index is 1080. The van der Waals surface area contributed by atoms with Gasteiger partial charge in [-0.1, -0.05) is 24.3 Å². The molecule has 188 valence electrons. The van der Waals surface area contributed by atoms with Crippen LogP contribution in [0.2, 0.25) is 0 Å². The van der Waals surface area contributed by atoms with E-state index in [1.807, 2.05) is 0 Å². The average molecular weight is 473 g/mol. The SMILES string of the molecule is CC(C)(O)c1ccc(C(=O)c2ccc(C(C)(C)O)c(C(C)(C)O)c2C(C)(C)O)c(C(C)(C)O)c1. The Labute approximate surface area is 202 Å². The van der Waals surface area contributed by atoms with Crippen molar-refractivity contribution < 1.29 is 30.3 Å². The van der Waals surface area contributed by atoms with Crippen LogP contribution in [0.3, 0.4) is 0 Å². The summed E-state index contributed by atoms with van der Waals surface area (Å²) < 4.78 is 0. The van der Waals surface area contributed by atoms with Crippen LogP contribution in [0, 0.1) is 0 Å². The van der Waals surface area contributed by atoms with E-state index in [4.69, 9.17) is 0 Å². The number of aliphatic hydroxyl groups is 5. The molecule has 0 atom stereocenters. The summed E-state index contributed by atoms with van der Waals surface area (Å²) in [6, 6.07) is 7.93. The van der Waals surface area contributed by atoms with Crippen LogP contribution in [0.5, 0.6) is 0 Å². The van der Waals surface area contributed by atoms with Gasteiger partial charge in [0.1, 0.15) is 0 Å². The van der Waals surface area contributed by atoms with E-state index >= 15 is 0 Å². The molecular formula is C28H40O6. The predicted octanol–water partition coefficient (Wildman–Crippen LogP) is 4.05. The van der Waals surface area contributed by atoms with E-state index in [-0.39, 0.29) is 22.3 Å². The van der Waals surface area contributed by atoms with Crippen LogP contribution >= 0.6 is 0 Å². The molecule has 0 aliphatic carbocycles. The summed E-state index contributed by atoms with van der Waals surface area (Å²) in [5.74, 6) is -0.454.